The largest absolute Gasteiger partial charge is 0.387 e. The van der Waals surface area contributed by atoms with Crippen molar-refractivity contribution in [2.24, 2.45) is 5.11 Å². The average Bonchev–Trinajstić information content (AvgIpc) is 2.55. The van der Waals surface area contributed by atoms with Crippen molar-refractivity contribution in [2.45, 2.75) is 30.6 Å². The van der Waals surface area contributed by atoms with Crippen LogP contribution in [0.15, 0.2) is 33.9 Å². The van der Waals surface area contributed by atoms with Crippen LogP contribution in [0, 0.1) is 0 Å². The molecule has 23 heavy (non-hydrogen) atoms. The van der Waals surface area contributed by atoms with E-state index in [4.69, 9.17) is 10.3 Å². The summed E-state index contributed by atoms with van der Waals surface area (Å²) in [5, 5.41) is 32.7. The van der Waals surface area contributed by atoms with E-state index in [1.807, 2.05) is 0 Å². The Labute approximate surface area is 139 Å². The molecule has 1 aromatic rings. The van der Waals surface area contributed by atoms with E-state index in [0.717, 1.165) is 4.47 Å². The highest BCUT2D eigenvalue weighted by atomic mass is 79.9. The van der Waals surface area contributed by atoms with Crippen molar-refractivity contribution in [3.05, 3.63) is 39.2 Å². The minimum Gasteiger partial charge on any atom is -0.387 e. The third-order valence-electron chi connectivity index (χ3n) is 3.54. The summed E-state index contributed by atoms with van der Waals surface area (Å²) in [7, 11) is 1.47. The molecule has 10 heteroatoms. The molecule has 0 aromatic heterocycles. The number of carbonyl (C=O) groups is 1. The fraction of sp³-hybridized carbons (Fsp3) is 0.462. The minimum atomic E-state index is -1.67. The van der Waals surface area contributed by atoms with Gasteiger partial charge in [0.2, 0.25) is 0 Å². The zero-order valence-corrected chi connectivity index (χ0v) is 13.6. The number of halogens is 1. The van der Waals surface area contributed by atoms with E-state index in [9.17, 15) is 20.1 Å². The monoisotopic (exact) mass is 386 g/mol. The summed E-state index contributed by atoms with van der Waals surface area (Å²) < 4.78 is 6.00. The van der Waals surface area contributed by atoms with Crippen molar-refractivity contribution < 1.29 is 24.9 Å². The molecule has 0 saturated carbocycles. The fourth-order valence-corrected chi connectivity index (χ4v) is 2.46. The molecular formula is C13H15BrN4O5. The SMILES string of the molecule is CN(C(=O)[C@H]1O[C@@H](N=[N+]=[N-])[C@H](O)[C@@H](O)[C@@H]1O)c1ccc(Br)cc1. The number of nitrogens with zero attached hydrogens (tertiary/aromatic N) is 4. The van der Waals surface area contributed by atoms with E-state index in [0.29, 0.717) is 5.69 Å². The molecule has 9 nitrogen and oxygen atoms in total. The number of rotatable bonds is 3. The summed E-state index contributed by atoms with van der Waals surface area (Å²) in [5.41, 5.74) is 8.99. The number of benzene rings is 1. The van der Waals surface area contributed by atoms with Gasteiger partial charge in [0.05, 0.1) is 0 Å². The topological polar surface area (TPSA) is 139 Å². The molecule has 5 atom stereocenters. The third-order valence-corrected chi connectivity index (χ3v) is 4.07. The van der Waals surface area contributed by atoms with Crippen LogP contribution in [0.25, 0.3) is 10.4 Å². The Kier molecular flexibility index (Phi) is 5.58. The van der Waals surface area contributed by atoms with Gasteiger partial charge in [0.15, 0.2) is 12.3 Å². The molecule has 3 N–H and O–H groups in total. The summed E-state index contributed by atoms with van der Waals surface area (Å²) in [5.74, 6) is -0.649. The third kappa shape index (κ3) is 3.63. The van der Waals surface area contributed by atoms with E-state index in [1.54, 1.807) is 24.3 Å². The van der Waals surface area contributed by atoms with Crippen molar-refractivity contribution in [1.82, 2.24) is 0 Å². The first-order valence-corrected chi connectivity index (χ1v) is 7.43. The molecular weight excluding hydrogens is 372 g/mol. The number of carbonyl (C=O) groups excluding carboxylic acids is 1. The Hall–Kier alpha value is -1.68. The molecule has 1 aliphatic heterocycles. The predicted octanol–water partition coefficient (Wildman–Crippen LogP) is 0.530. The molecule has 0 unspecified atom stereocenters. The van der Waals surface area contributed by atoms with Crippen LogP contribution in [-0.2, 0) is 9.53 Å². The molecule has 2 rings (SSSR count). The number of azide groups is 1. The van der Waals surface area contributed by atoms with Crippen LogP contribution >= 0.6 is 15.9 Å². The maximum Gasteiger partial charge on any atom is 0.258 e. The molecule has 1 aromatic carbocycles. The molecule has 1 heterocycles. The summed E-state index contributed by atoms with van der Waals surface area (Å²) in [6.07, 6.45) is -7.89. The van der Waals surface area contributed by atoms with E-state index >= 15 is 0 Å². The van der Waals surface area contributed by atoms with Crippen molar-refractivity contribution in [3.8, 4) is 0 Å². The van der Waals surface area contributed by atoms with Crippen LogP contribution in [-0.4, -0.2) is 58.9 Å². The van der Waals surface area contributed by atoms with Crippen LogP contribution < -0.4 is 4.90 Å². The number of aliphatic hydroxyl groups is 3. The molecule has 1 fully saturated rings. The number of ether oxygens (including phenoxy) is 1. The number of anilines is 1. The molecule has 1 saturated heterocycles. The molecule has 124 valence electrons. The Morgan fingerprint density at radius 1 is 1.26 bits per heavy atom. The van der Waals surface area contributed by atoms with Gasteiger partial charge in [-0.2, -0.15) is 0 Å². The lowest BCUT2D eigenvalue weighted by Gasteiger charge is -2.39. The zero-order valence-electron chi connectivity index (χ0n) is 12.0. The van der Waals surface area contributed by atoms with Crippen molar-refractivity contribution >= 4 is 27.5 Å². The van der Waals surface area contributed by atoms with Gasteiger partial charge in [0.1, 0.15) is 18.3 Å². The van der Waals surface area contributed by atoms with Crippen LogP contribution in [0.1, 0.15) is 0 Å². The van der Waals surface area contributed by atoms with Crippen LogP contribution in [0.3, 0.4) is 0 Å². The molecule has 0 spiro atoms. The zero-order chi connectivity index (χ0) is 17.1. The highest BCUT2D eigenvalue weighted by Crippen LogP contribution is 2.25. The van der Waals surface area contributed by atoms with E-state index in [2.05, 4.69) is 26.0 Å². The van der Waals surface area contributed by atoms with Gasteiger partial charge >= 0.3 is 0 Å². The second-order valence-corrected chi connectivity index (χ2v) is 5.91. The quantitative estimate of drug-likeness (QED) is 0.394. The lowest BCUT2D eigenvalue weighted by molar-refractivity contribution is -0.217. The summed E-state index contributed by atoms with van der Waals surface area (Å²) in [6.45, 7) is 0. The molecule has 0 aliphatic carbocycles. The van der Waals surface area contributed by atoms with Crippen molar-refractivity contribution in [2.75, 3.05) is 11.9 Å². The van der Waals surface area contributed by atoms with Gasteiger partial charge in [-0.3, -0.25) is 4.79 Å². The minimum absolute atomic E-state index is 0.537. The Morgan fingerprint density at radius 2 is 1.87 bits per heavy atom. The Morgan fingerprint density at radius 3 is 2.43 bits per heavy atom. The Balaban J connectivity index is 2.22. The smallest absolute Gasteiger partial charge is 0.258 e. The second-order valence-electron chi connectivity index (χ2n) is 5.00. The number of amides is 1. The van der Waals surface area contributed by atoms with Crippen LogP contribution in [0.4, 0.5) is 5.69 Å². The average molecular weight is 387 g/mol. The summed E-state index contributed by atoms with van der Waals surface area (Å²) in [6, 6.07) is 6.82. The van der Waals surface area contributed by atoms with Gasteiger partial charge in [-0.1, -0.05) is 21.0 Å². The maximum absolute atomic E-state index is 12.5. The number of likely N-dealkylation sites (N-methyl/N-ethyl adjacent to an activating group) is 1. The number of aliphatic hydroxyl groups excluding tert-OH is 3. The normalized spacial score (nSPS) is 30.4. The van der Waals surface area contributed by atoms with Gasteiger partial charge in [-0.05, 0) is 29.8 Å². The van der Waals surface area contributed by atoms with Gasteiger partial charge in [0, 0.05) is 22.1 Å². The highest BCUT2D eigenvalue weighted by Gasteiger charge is 2.47. The number of hydrogen-bond acceptors (Lipinski definition) is 6. The lowest BCUT2D eigenvalue weighted by atomic mass is 9.97. The van der Waals surface area contributed by atoms with Crippen LogP contribution in [0.5, 0.6) is 0 Å². The number of hydrogen-bond donors (Lipinski definition) is 3. The van der Waals surface area contributed by atoms with Gasteiger partial charge in [-0.25, -0.2) is 0 Å². The highest BCUT2D eigenvalue weighted by molar-refractivity contribution is 9.10. The van der Waals surface area contributed by atoms with E-state index in [-0.39, 0.29) is 0 Å². The van der Waals surface area contributed by atoms with E-state index < -0.39 is 36.6 Å². The molecule has 0 bridgehead atoms. The molecule has 1 aliphatic rings. The summed E-state index contributed by atoms with van der Waals surface area (Å²) in [4.78, 5) is 16.2. The second kappa shape index (κ2) is 7.26. The first-order valence-electron chi connectivity index (χ1n) is 6.64. The van der Waals surface area contributed by atoms with Gasteiger partial charge in [-0.15, -0.1) is 0 Å². The first kappa shape index (κ1) is 17.7. The first-order chi connectivity index (χ1) is 10.9. The maximum atomic E-state index is 12.5. The van der Waals surface area contributed by atoms with E-state index in [1.165, 1.54) is 11.9 Å². The fourth-order valence-electron chi connectivity index (χ4n) is 2.19. The molecule has 1 amide bonds. The van der Waals surface area contributed by atoms with Crippen molar-refractivity contribution in [1.29, 1.82) is 0 Å². The van der Waals surface area contributed by atoms with Crippen molar-refractivity contribution in [3.63, 3.8) is 0 Å². The lowest BCUT2D eigenvalue weighted by Crippen LogP contribution is -2.61. The van der Waals surface area contributed by atoms with Gasteiger partial charge in [0.25, 0.3) is 5.91 Å². The predicted molar refractivity (Wildman–Crippen MR) is 83.4 cm³/mol. The standard InChI is InChI=1S/C13H15BrN4O5/c1-18(7-4-2-6(14)3-5-7)13(22)11-9(20)8(19)10(21)12(23-11)16-17-15/h2-5,8-12,19-21H,1H3/t8-,9-,10+,11-,12+/m0/s1. The Bertz CT molecular complexity index is 621. The van der Waals surface area contributed by atoms with Crippen LogP contribution in [0.2, 0.25) is 0 Å². The summed E-state index contributed by atoms with van der Waals surface area (Å²) >= 11 is 3.28. The molecule has 0 radical (unpaired) electrons. The van der Waals surface area contributed by atoms with Gasteiger partial charge < -0.3 is 25.0 Å².